The van der Waals surface area contributed by atoms with E-state index in [0.29, 0.717) is 0 Å². The molecule has 0 atom stereocenters. The number of aromatic nitrogens is 1. The van der Waals surface area contributed by atoms with Crippen molar-refractivity contribution in [2.45, 2.75) is 12.3 Å². The second-order valence-corrected chi connectivity index (χ2v) is 2.45. The van der Waals surface area contributed by atoms with E-state index in [-0.39, 0.29) is 5.88 Å². The third kappa shape index (κ3) is 2.86. The molecule has 0 aliphatic rings. The maximum atomic E-state index is 12.3. The Labute approximate surface area is 77.5 Å². The zero-order valence-corrected chi connectivity index (χ0v) is 6.88. The Hall–Kier alpha value is -1.33. The van der Waals surface area contributed by atoms with E-state index in [0.717, 1.165) is 0 Å². The minimum absolute atomic E-state index is 0.135. The first-order chi connectivity index (χ1) is 6.52. The summed E-state index contributed by atoms with van der Waals surface area (Å²) in [7, 11) is 0. The molecule has 0 unspecified atom stereocenters. The fourth-order valence-corrected chi connectivity index (χ4v) is 0.625. The number of ether oxygens (including phenoxy) is 1. The molecule has 0 bridgehead atoms. The van der Waals surface area contributed by atoms with Crippen LogP contribution in [-0.2, 0) is 0 Å². The van der Waals surface area contributed by atoms with Crippen molar-refractivity contribution in [1.29, 1.82) is 0 Å². The Balaban J connectivity index is 2.49. The van der Waals surface area contributed by atoms with Crippen LogP contribution in [0.2, 0.25) is 0 Å². The van der Waals surface area contributed by atoms with Gasteiger partial charge in [-0.05, 0) is 6.07 Å². The highest BCUT2D eigenvalue weighted by Crippen LogP contribution is 2.23. The summed E-state index contributed by atoms with van der Waals surface area (Å²) in [5, 5.41) is 0. The lowest BCUT2D eigenvalue weighted by Crippen LogP contribution is -2.33. The number of pyridine rings is 1. The molecule has 0 fully saturated rings. The number of nitrogens with zero attached hydrogens (tertiary/aromatic N) is 1. The van der Waals surface area contributed by atoms with Gasteiger partial charge in [0.15, 0.2) is 6.61 Å². The van der Waals surface area contributed by atoms with E-state index in [1.807, 2.05) is 0 Å². The highest BCUT2D eigenvalue weighted by atomic mass is 19.3. The lowest BCUT2D eigenvalue weighted by molar-refractivity contribution is -0.148. The molecule has 0 N–H and O–H groups in total. The Morgan fingerprint density at radius 2 is 2.21 bits per heavy atom. The molecule has 1 radical (unpaired) electrons. The summed E-state index contributed by atoms with van der Waals surface area (Å²) in [4.78, 5) is 3.49. The first-order valence-electron chi connectivity index (χ1n) is 3.63. The summed E-state index contributed by atoms with van der Waals surface area (Å²) in [5.41, 5.74) is 0. The summed E-state index contributed by atoms with van der Waals surface area (Å²) < 4.78 is 52.3. The third-order valence-electron chi connectivity index (χ3n) is 1.32. The molecule has 1 heterocycles. The van der Waals surface area contributed by atoms with Crippen LogP contribution in [0, 0.1) is 6.07 Å². The number of rotatable bonds is 4. The van der Waals surface area contributed by atoms with Gasteiger partial charge in [-0.15, -0.1) is 0 Å². The highest BCUT2D eigenvalue weighted by molar-refractivity contribution is 5.08. The number of alkyl halides is 4. The molecule has 0 aliphatic carbocycles. The summed E-state index contributed by atoms with van der Waals surface area (Å²) >= 11 is 0. The van der Waals surface area contributed by atoms with Gasteiger partial charge >= 0.3 is 12.3 Å². The van der Waals surface area contributed by atoms with Gasteiger partial charge in [-0.1, -0.05) is 0 Å². The molecule has 77 valence electrons. The summed E-state index contributed by atoms with van der Waals surface area (Å²) in [6.07, 6.45) is -2.55. The largest absolute Gasteiger partial charge is 0.471 e. The molecule has 0 amide bonds. The molecule has 1 aromatic rings. The molecule has 1 aromatic heterocycles. The van der Waals surface area contributed by atoms with Crippen LogP contribution in [0.4, 0.5) is 17.6 Å². The van der Waals surface area contributed by atoms with E-state index < -0.39 is 19.0 Å². The molecular weight excluding hydrogens is 202 g/mol. The molecule has 0 spiro atoms. The van der Waals surface area contributed by atoms with Crippen molar-refractivity contribution in [2.75, 3.05) is 6.61 Å². The van der Waals surface area contributed by atoms with Crippen molar-refractivity contribution >= 4 is 0 Å². The van der Waals surface area contributed by atoms with Crippen LogP contribution in [0.1, 0.15) is 0 Å². The second kappa shape index (κ2) is 4.26. The van der Waals surface area contributed by atoms with Crippen LogP contribution in [-0.4, -0.2) is 23.9 Å². The smallest absolute Gasteiger partial charge is 0.340 e. The van der Waals surface area contributed by atoms with Crippen LogP contribution in [0.15, 0.2) is 18.3 Å². The first kappa shape index (κ1) is 10.7. The molecular formula is C8H6F4NO. The predicted molar refractivity (Wildman–Crippen MR) is 39.5 cm³/mol. The Morgan fingerprint density at radius 3 is 2.71 bits per heavy atom. The fourth-order valence-electron chi connectivity index (χ4n) is 0.625. The van der Waals surface area contributed by atoms with Gasteiger partial charge in [0.2, 0.25) is 5.88 Å². The average Bonchev–Trinajstić information content (AvgIpc) is 2.16. The van der Waals surface area contributed by atoms with Gasteiger partial charge in [0.1, 0.15) is 0 Å². The van der Waals surface area contributed by atoms with Crippen LogP contribution in [0.5, 0.6) is 5.88 Å². The SMILES string of the molecule is FC(F)C(F)(F)COc1cc[c]cn1. The summed E-state index contributed by atoms with van der Waals surface area (Å²) in [6.45, 7) is -1.39. The number of hydrogen-bond acceptors (Lipinski definition) is 2. The number of hydrogen-bond donors (Lipinski definition) is 0. The van der Waals surface area contributed by atoms with Gasteiger partial charge in [0.05, 0.1) is 0 Å². The van der Waals surface area contributed by atoms with Gasteiger partial charge in [-0.25, -0.2) is 13.8 Å². The van der Waals surface area contributed by atoms with Crippen molar-refractivity contribution in [1.82, 2.24) is 4.98 Å². The van der Waals surface area contributed by atoms with Crippen LogP contribution >= 0.6 is 0 Å². The highest BCUT2D eigenvalue weighted by Gasteiger charge is 2.41. The normalized spacial score (nSPS) is 11.8. The Bertz CT molecular complexity index is 278. The van der Waals surface area contributed by atoms with Crippen LogP contribution in [0.25, 0.3) is 0 Å². The molecule has 0 saturated carbocycles. The van der Waals surface area contributed by atoms with Crippen molar-refractivity contribution in [3.05, 3.63) is 24.4 Å². The standard InChI is InChI=1S/C8H6F4NO/c9-7(10)8(11,12)5-14-6-3-1-2-4-13-6/h1,3-4,7H,5H2. The van der Waals surface area contributed by atoms with Gasteiger partial charge in [0, 0.05) is 18.3 Å². The van der Waals surface area contributed by atoms with E-state index in [9.17, 15) is 17.6 Å². The summed E-state index contributed by atoms with van der Waals surface area (Å²) in [6, 6.07) is 5.16. The first-order valence-corrected chi connectivity index (χ1v) is 3.63. The van der Waals surface area contributed by atoms with Crippen LogP contribution in [0.3, 0.4) is 0 Å². The van der Waals surface area contributed by atoms with E-state index in [1.54, 1.807) is 0 Å². The van der Waals surface area contributed by atoms with Gasteiger partial charge in [-0.3, -0.25) is 0 Å². The maximum Gasteiger partial charge on any atom is 0.340 e. The minimum Gasteiger partial charge on any atom is -0.471 e. The second-order valence-electron chi connectivity index (χ2n) is 2.45. The van der Waals surface area contributed by atoms with Gasteiger partial charge in [-0.2, -0.15) is 8.78 Å². The van der Waals surface area contributed by atoms with Crippen molar-refractivity contribution in [3.8, 4) is 5.88 Å². The monoisotopic (exact) mass is 208 g/mol. The van der Waals surface area contributed by atoms with E-state index in [2.05, 4.69) is 15.8 Å². The zero-order chi connectivity index (χ0) is 10.6. The van der Waals surface area contributed by atoms with Crippen molar-refractivity contribution < 1.29 is 22.3 Å². The molecule has 0 aromatic carbocycles. The predicted octanol–water partition coefficient (Wildman–Crippen LogP) is 2.16. The lowest BCUT2D eigenvalue weighted by atomic mass is 10.4. The van der Waals surface area contributed by atoms with Gasteiger partial charge < -0.3 is 4.74 Å². The molecule has 6 heteroatoms. The van der Waals surface area contributed by atoms with Crippen molar-refractivity contribution in [2.24, 2.45) is 0 Å². The molecule has 0 aliphatic heterocycles. The average molecular weight is 208 g/mol. The molecule has 0 saturated heterocycles. The molecule has 2 nitrogen and oxygen atoms in total. The van der Waals surface area contributed by atoms with Crippen molar-refractivity contribution in [3.63, 3.8) is 0 Å². The maximum absolute atomic E-state index is 12.3. The minimum atomic E-state index is -4.15. The Kier molecular flexibility index (Phi) is 3.27. The Morgan fingerprint density at radius 1 is 1.50 bits per heavy atom. The summed E-state index contributed by atoms with van der Waals surface area (Å²) in [5.74, 6) is -4.29. The zero-order valence-electron chi connectivity index (χ0n) is 6.88. The van der Waals surface area contributed by atoms with E-state index in [1.165, 1.54) is 18.3 Å². The molecule has 1 rings (SSSR count). The quantitative estimate of drug-likeness (QED) is 0.707. The van der Waals surface area contributed by atoms with Crippen LogP contribution < -0.4 is 4.74 Å². The third-order valence-corrected chi connectivity index (χ3v) is 1.32. The number of halogens is 4. The fraction of sp³-hybridized carbons (Fsp3) is 0.375. The lowest BCUT2D eigenvalue weighted by Gasteiger charge is -2.14. The molecule has 14 heavy (non-hydrogen) atoms. The van der Waals surface area contributed by atoms with E-state index >= 15 is 0 Å². The van der Waals surface area contributed by atoms with E-state index in [4.69, 9.17) is 0 Å². The van der Waals surface area contributed by atoms with Gasteiger partial charge in [0.25, 0.3) is 0 Å². The topological polar surface area (TPSA) is 22.1 Å².